The Hall–Kier alpha value is -5.06. The van der Waals surface area contributed by atoms with Gasteiger partial charge >= 0.3 is 29.5 Å². The van der Waals surface area contributed by atoms with Crippen LogP contribution >= 0.6 is 11.6 Å². The van der Waals surface area contributed by atoms with E-state index in [1.54, 1.807) is 13.8 Å². The van der Waals surface area contributed by atoms with E-state index >= 15 is 0 Å². The van der Waals surface area contributed by atoms with E-state index in [2.05, 4.69) is 25.3 Å². The minimum Gasteiger partial charge on any atom is -0.465 e. The lowest BCUT2D eigenvalue weighted by atomic mass is 10.1. The minimum atomic E-state index is -4.53. The van der Waals surface area contributed by atoms with E-state index in [0.717, 1.165) is 18.2 Å². The first kappa shape index (κ1) is 34.1. The van der Waals surface area contributed by atoms with Gasteiger partial charge in [-0.05, 0) is 38.1 Å². The zero-order valence-electron chi connectivity index (χ0n) is 22.5. The second-order valence-electron chi connectivity index (χ2n) is 7.98. The maximum Gasteiger partial charge on any atom is 0.416 e. The van der Waals surface area contributed by atoms with Gasteiger partial charge in [0, 0.05) is 17.7 Å². The van der Waals surface area contributed by atoms with Crippen molar-refractivity contribution < 1.29 is 42.1 Å². The number of nitro groups is 2. The van der Waals surface area contributed by atoms with Crippen LogP contribution in [0.3, 0.4) is 0 Å². The van der Waals surface area contributed by atoms with Gasteiger partial charge in [-0.15, -0.1) is 0 Å². The van der Waals surface area contributed by atoms with Crippen molar-refractivity contribution in [1.29, 1.82) is 0 Å². The SMILES string of the molecule is CCOC(=O)CNc1nc(-c2cccc(C(F)(F)F)c2)ccc1[N+](=O)[O-].CCOC(=O)CNc1nc(Cl)ccc1[N+](=O)[O-]. The van der Waals surface area contributed by atoms with Gasteiger partial charge in [0.15, 0.2) is 0 Å². The molecule has 2 aromatic heterocycles. The lowest BCUT2D eigenvalue weighted by Crippen LogP contribution is -2.18. The second-order valence-corrected chi connectivity index (χ2v) is 8.36. The molecule has 0 spiro atoms. The molecule has 0 atom stereocenters. The summed E-state index contributed by atoms with van der Waals surface area (Å²) in [7, 11) is 0. The highest BCUT2D eigenvalue weighted by atomic mass is 35.5. The fraction of sp³-hybridized carbons (Fsp3) is 0.280. The second kappa shape index (κ2) is 15.8. The summed E-state index contributed by atoms with van der Waals surface area (Å²) in [5, 5.41) is 26.8. The molecule has 43 heavy (non-hydrogen) atoms. The Morgan fingerprint density at radius 3 is 1.86 bits per heavy atom. The number of hydrogen-bond donors (Lipinski definition) is 2. The molecule has 2 heterocycles. The number of benzene rings is 1. The zero-order valence-corrected chi connectivity index (χ0v) is 23.3. The number of aromatic nitrogens is 2. The van der Waals surface area contributed by atoms with Crippen LogP contribution in [0.25, 0.3) is 11.3 Å². The molecule has 0 unspecified atom stereocenters. The average Bonchev–Trinajstić information content (AvgIpc) is 2.95. The van der Waals surface area contributed by atoms with Crippen LogP contribution in [0.2, 0.25) is 5.15 Å². The van der Waals surface area contributed by atoms with Crippen LogP contribution in [0.5, 0.6) is 0 Å². The van der Waals surface area contributed by atoms with E-state index in [4.69, 9.17) is 16.3 Å². The number of esters is 2. The number of halogens is 4. The van der Waals surface area contributed by atoms with Crippen LogP contribution in [0, 0.1) is 20.2 Å². The number of carbonyl (C=O) groups excluding carboxylic acids is 2. The van der Waals surface area contributed by atoms with Crippen molar-refractivity contribution in [1.82, 2.24) is 9.97 Å². The largest absolute Gasteiger partial charge is 0.465 e. The lowest BCUT2D eigenvalue weighted by Gasteiger charge is -2.10. The highest BCUT2D eigenvalue weighted by Crippen LogP contribution is 2.33. The van der Waals surface area contributed by atoms with E-state index in [1.807, 2.05) is 0 Å². The van der Waals surface area contributed by atoms with Crippen LogP contribution in [0.1, 0.15) is 19.4 Å². The fourth-order valence-electron chi connectivity index (χ4n) is 3.19. The van der Waals surface area contributed by atoms with Crippen molar-refractivity contribution in [2.24, 2.45) is 0 Å². The van der Waals surface area contributed by atoms with E-state index in [9.17, 15) is 43.0 Å². The van der Waals surface area contributed by atoms with E-state index in [1.165, 1.54) is 30.3 Å². The number of alkyl halides is 3. The predicted molar refractivity (Wildman–Crippen MR) is 147 cm³/mol. The predicted octanol–water partition coefficient (Wildman–Crippen LogP) is 5.27. The summed E-state index contributed by atoms with van der Waals surface area (Å²) in [6.45, 7) is 3.08. The summed E-state index contributed by atoms with van der Waals surface area (Å²) in [4.78, 5) is 50.6. The first-order valence-corrected chi connectivity index (χ1v) is 12.6. The minimum absolute atomic E-state index is 0.0597. The molecule has 230 valence electrons. The summed E-state index contributed by atoms with van der Waals surface area (Å²) in [6.07, 6.45) is -4.53. The van der Waals surface area contributed by atoms with E-state index < -0.39 is 39.2 Å². The molecule has 3 rings (SSSR count). The zero-order chi connectivity index (χ0) is 32.2. The van der Waals surface area contributed by atoms with E-state index in [0.29, 0.717) is 0 Å². The Morgan fingerprint density at radius 2 is 1.37 bits per heavy atom. The van der Waals surface area contributed by atoms with Gasteiger partial charge in [-0.1, -0.05) is 23.7 Å². The van der Waals surface area contributed by atoms with Gasteiger partial charge in [0.05, 0.1) is 34.3 Å². The molecule has 18 heteroatoms. The third-order valence-electron chi connectivity index (χ3n) is 5.00. The molecule has 0 aliphatic rings. The van der Waals surface area contributed by atoms with E-state index in [-0.39, 0.29) is 60.0 Å². The first-order valence-electron chi connectivity index (χ1n) is 12.2. The molecule has 0 aliphatic carbocycles. The standard InChI is InChI=1S/C16H14F3N3O4.C9H10ClN3O4/c1-2-26-14(23)9-20-15-13(22(24)25)7-6-12(21-15)10-4-3-5-11(8-10)16(17,18)19;1-2-17-8(14)5-11-9-6(13(15)16)3-4-7(10)12-9/h3-8H,2,9H2,1H3,(H,20,21);3-4H,2,5H2,1H3,(H,11,12). The number of nitrogens with one attached hydrogen (secondary N) is 2. The number of anilines is 2. The van der Waals surface area contributed by atoms with Crippen LogP contribution < -0.4 is 10.6 Å². The molecule has 3 aromatic rings. The molecular weight excluding hydrogens is 605 g/mol. The van der Waals surface area contributed by atoms with Crippen molar-refractivity contribution in [2.45, 2.75) is 20.0 Å². The maximum atomic E-state index is 12.8. The smallest absolute Gasteiger partial charge is 0.416 e. The van der Waals surface area contributed by atoms with Gasteiger partial charge in [0.2, 0.25) is 11.6 Å². The fourth-order valence-corrected chi connectivity index (χ4v) is 3.33. The highest BCUT2D eigenvalue weighted by Gasteiger charge is 2.30. The van der Waals surface area contributed by atoms with Crippen LogP contribution in [0.15, 0.2) is 48.5 Å². The van der Waals surface area contributed by atoms with Crippen LogP contribution in [0.4, 0.5) is 36.2 Å². The topological polar surface area (TPSA) is 189 Å². The normalized spacial score (nSPS) is 10.6. The van der Waals surface area contributed by atoms with Crippen molar-refractivity contribution >= 4 is 46.6 Å². The first-order chi connectivity index (χ1) is 20.3. The maximum absolute atomic E-state index is 12.8. The molecule has 0 amide bonds. The Bertz CT molecular complexity index is 1480. The molecule has 0 aliphatic heterocycles. The summed E-state index contributed by atoms with van der Waals surface area (Å²) in [5.41, 5.74) is -1.30. The molecule has 0 saturated heterocycles. The summed E-state index contributed by atoms with van der Waals surface area (Å²) in [6, 6.07) is 9.28. The van der Waals surface area contributed by atoms with Crippen LogP contribution in [-0.4, -0.2) is 58.1 Å². The average molecular weight is 629 g/mol. The quantitative estimate of drug-likeness (QED) is 0.121. The van der Waals surface area contributed by atoms with Gasteiger partial charge in [-0.25, -0.2) is 9.97 Å². The van der Waals surface area contributed by atoms with Crippen LogP contribution in [-0.2, 0) is 25.2 Å². The van der Waals surface area contributed by atoms with Gasteiger partial charge in [-0.3, -0.25) is 29.8 Å². The number of nitrogens with zero attached hydrogens (tertiary/aromatic N) is 4. The number of carbonyl (C=O) groups is 2. The Labute approximate surface area is 246 Å². The van der Waals surface area contributed by atoms with Crippen molar-refractivity contribution in [3.8, 4) is 11.3 Å². The van der Waals surface area contributed by atoms with Crippen molar-refractivity contribution in [3.63, 3.8) is 0 Å². The number of hydrogen-bond acceptors (Lipinski definition) is 12. The number of ether oxygens (including phenoxy) is 2. The molecule has 0 bridgehead atoms. The van der Waals surface area contributed by atoms with Gasteiger partial charge < -0.3 is 20.1 Å². The Kier molecular flexibility index (Phi) is 12.6. The lowest BCUT2D eigenvalue weighted by molar-refractivity contribution is -0.384. The third kappa shape index (κ3) is 10.7. The van der Waals surface area contributed by atoms with Crippen molar-refractivity contribution in [2.75, 3.05) is 36.9 Å². The monoisotopic (exact) mass is 628 g/mol. The molecule has 14 nitrogen and oxygen atoms in total. The Balaban J connectivity index is 0.000000329. The molecule has 1 aromatic carbocycles. The highest BCUT2D eigenvalue weighted by molar-refractivity contribution is 6.29. The number of rotatable bonds is 11. The molecule has 0 fully saturated rings. The Morgan fingerprint density at radius 1 is 0.860 bits per heavy atom. The molecular formula is C25H24ClF3N6O8. The third-order valence-corrected chi connectivity index (χ3v) is 5.21. The molecule has 0 radical (unpaired) electrons. The van der Waals surface area contributed by atoms with Gasteiger partial charge in [-0.2, -0.15) is 13.2 Å². The molecule has 2 N–H and O–H groups in total. The number of pyridine rings is 2. The van der Waals surface area contributed by atoms with Gasteiger partial charge in [0.25, 0.3) is 0 Å². The summed E-state index contributed by atoms with van der Waals surface area (Å²) >= 11 is 5.61. The van der Waals surface area contributed by atoms with Crippen molar-refractivity contribution in [3.05, 3.63) is 79.5 Å². The summed E-state index contributed by atoms with van der Waals surface area (Å²) < 4.78 is 47.9. The van der Waals surface area contributed by atoms with Gasteiger partial charge in [0.1, 0.15) is 18.2 Å². The summed E-state index contributed by atoms with van der Waals surface area (Å²) in [5.74, 6) is -1.47. The molecule has 0 saturated carbocycles.